The van der Waals surface area contributed by atoms with Crippen molar-refractivity contribution in [1.29, 1.82) is 0 Å². The van der Waals surface area contributed by atoms with E-state index in [1.54, 1.807) is 6.26 Å². The first kappa shape index (κ1) is 25.9. The van der Waals surface area contributed by atoms with E-state index in [0.717, 1.165) is 16.8 Å². The Labute approximate surface area is 206 Å². The van der Waals surface area contributed by atoms with Crippen molar-refractivity contribution < 1.29 is 12.8 Å². The zero-order valence-electron chi connectivity index (χ0n) is 18.0. The molecule has 1 heterocycles. The molecule has 3 aromatic rings. The molecular formula is C23H29IN4O3S. The molecule has 0 atom stereocenters. The molecule has 9 heteroatoms. The van der Waals surface area contributed by atoms with Crippen molar-refractivity contribution in [2.45, 2.75) is 25.6 Å². The number of guanidine groups is 1. The molecule has 2 aromatic carbocycles. The Kier molecular flexibility index (Phi) is 10.7. The molecule has 32 heavy (non-hydrogen) atoms. The molecule has 0 saturated heterocycles. The minimum Gasteiger partial charge on any atom is -0.444 e. The average molecular weight is 568 g/mol. The van der Waals surface area contributed by atoms with Gasteiger partial charge < -0.3 is 15.1 Å². The molecule has 0 saturated carbocycles. The second-order valence-electron chi connectivity index (χ2n) is 7.06. The van der Waals surface area contributed by atoms with E-state index >= 15 is 0 Å². The molecule has 2 N–H and O–H groups in total. The van der Waals surface area contributed by atoms with Gasteiger partial charge in [0, 0.05) is 18.7 Å². The molecule has 1 aromatic heterocycles. The molecule has 0 aliphatic rings. The van der Waals surface area contributed by atoms with E-state index in [9.17, 15) is 8.42 Å². The van der Waals surface area contributed by atoms with Gasteiger partial charge in [-0.25, -0.2) is 18.4 Å². The Morgan fingerprint density at radius 3 is 2.41 bits per heavy atom. The van der Waals surface area contributed by atoms with Crippen LogP contribution in [-0.2, 0) is 22.1 Å². The standard InChI is InChI=1S/C23H28N4O3S.HI/c1-2-24-23(25-14-9-15-31(28,29)18-19-10-5-3-6-11-19)26-16-21-17-30-22(27-21)20-12-7-4-8-13-20;/h3-8,10-13,17H,2,9,14-16,18H2,1H3,(H2,24,25,26);1H. The highest BCUT2D eigenvalue weighted by Gasteiger charge is 2.12. The highest BCUT2D eigenvalue weighted by molar-refractivity contribution is 14.0. The maximum absolute atomic E-state index is 12.3. The Bertz CT molecular complexity index is 1070. The highest BCUT2D eigenvalue weighted by Crippen LogP contribution is 2.18. The van der Waals surface area contributed by atoms with Crippen LogP contribution in [0.25, 0.3) is 11.5 Å². The van der Waals surface area contributed by atoms with Gasteiger partial charge >= 0.3 is 0 Å². The molecule has 7 nitrogen and oxygen atoms in total. The van der Waals surface area contributed by atoms with Gasteiger partial charge in [-0.15, -0.1) is 24.0 Å². The molecule has 0 aliphatic heterocycles. The quantitative estimate of drug-likeness (QED) is 0.166. The molecular weight excluding hydrogens is 539 g/mol. The topological polar surface area (TPSA) is 96.6 Å². The molecule has 0 spiro atoms. The number of hydrogen-bond acceptors (Lipinski definition) is 5. The summed E-state index contributed by atoms with van der Waals surface area (Å²) in [5.41, 5.74) is 2.45. The first-order valence-electron chi connectivity index (χ1n) is 10.3. The molecule has 172 valence electrons. The summed E-state index contributed by atoms with van der Waals surface area (Å²) >= 11 is 0. The summed E-state index contributed by atoms with van der Waals surface area (Å²) in [4.78, 5) is 8.99. The number of rotatable bonds is 10. The van der Waals surface area contributed by atoms with Gasteiger partial charge in [0.05, 0.1) is 18.1 Å². The Morgan fingerprint density at radius 2 is 1.72 bits per heavy atom. The van der Waals surface area contributed by atoms with Crippen LogP contribution in [0.15, 0.2) is 76.3 Å². The van der Waals surface area contributed by atoms with Gasteiger partial charge in [0.2, 0.25) is 5.89 Å². The normalized spacial score (nSPS) is 11.6. The van der Waals surface area contributed by atoms with Gasteiger partial charge in [0.25, 0.3) is 0 Å². The minimum absolute atomic E-state index is 0. The number of hydrogen-bond donors (Lipinski definition) is 2. The van der Waals surface area contributed by atoms with Crippen molar-refractivity contribution in [2.24, 2.45) is 4.99 Å². The SMILES string of the molecule is CCNC(=NCc1coc(-c2ccccc2)n1)NCCCS(=O)(=O)Cc1ccccc1.I. The van der Waals surface area contributed by atoms with E-state index in [0.29, 0.717) is 37.9 Å². The van der Waals surface area contributed by atoms with Crippen LogP contribution in [-0.4, -0.2) is 38.2 Å². The second kappa shape index (κ2) is 13.2. The summed E-state index contributed by atoms with van der Waals surface area (Å²) in [5, 5.41) is 6.34. The maximum Gasteiger partial charge on any atom is 0.226 e. The molecule has 0 fully saturated rings. The lowest BCUT2D eigenvalue weighted by atomic mass is 10.2. The number of aromatic nitrogens is 1. The molecule has 0 unspecified atom stereocenters. The fourth-order valence-corrected chi connectivity index (χ4v) is 4.42. The number of nitrogens with one attached hydrogen (secondary N) is 2. The lowest BCUT2D eigenvalue weighted by Gasteiger charge is -2.11. The molecule has 3 rings (SSSR count). The third-order valence-electron chi connectivity index (χ3n) is 4.47. The van der Waals surface area contributed by atoms with E-state index in [1.807, 2.05) is 67.6 Å². The smallest absolute Gasteiger partial charge is 0.226 e. The van der Waals surface area contributed by atoms with Crippen LogP contribution in [0.1, 0.15) is 24.6 Å². The Hall–Kier alpha value is -2.40. The third kappa shape index (κ3) is 8.62. The van der Waals surface area contributed by atoms with Crippen LogP contribution >= 0.6 is 24.0 Å². The van der Waals surface area contributed by atoms with Crippen molar-refractivity contribution in [2.75, 3.05) is 18.8 Å². The van der Waals surface area contributed by atoms with Crippen LogP contribution in [0.2, 0.25) is 0 Å². The van der Waals surface area contributed by atoms with Crippen molar-refractivity contribution in [1.82, 2.24) is 15.6 Å². The highest BCUT2D eigenvalue weighted by atomic mass is 127. The number of aliphatic imine (C=N–C) groups is 1. The first-order valence-corrected chi connectivity index (χ1v) is 12.1. The largest absolute Gasteiger partial charge is 0.444 e. The van der Waals surface area contributed by atoms with Crippen LogP contribution in [0, 0.1) is 0 Å². The second-order valence-corrected chi connectivity index (χ2v) is 9.25. The van der Waals surface area contributed by atoms with Gasteiger partial charge in [0.15, 0.2) is 15.8 Å². The Morgan fingerprint density at radius 1 is 1.03 bits per heavy atom. The van der Waals surface area contributed by atoms with Crippen molar-refractivity contribution in [3.8, 4) is 11.5 Å². The maximum atomic E-state index is 12.3. The summed E-state index contributed by atoms with van der Waals surface area (Å²) in [6, 6.07) is 18.9. The average Bonchev–Trinajstić information content (AvgIpc) is 3.25. The molecule has 0 amide bonds. The van der Waals surface area contributed by atoms with Crippen molar-refractivity contribution in [3.05, 3.63) is 78.2 Å². The van der Waals surface area contributed by atoms with E-state index < -0.39 is 9.84 Å². The summed E-state index contributed by atoms with van der Waals surface area (Å²) in [6.45, 7) is 3.54. The zero-order chi connectivity index (χ0) is 21.9. The lowest BCUT2D eigenvalue weighted by Crippen LogP contribution is -2.38. The summed E-state index contributed by atoms with van der Waals surface area (Å²) in [7, 11) is -3.15. The van der Waals surface area contributed by atoms with E-state index in [1.165, 1.54) is 0 Å². The fourth-order valence-electron chi connectivity index (χ4n) is 2.99. The molecule has 0 aliphatic carbocycles. The molecule has 0 radical (unpaired) electrons. The predicted molar refractivity (Wildman–Crippen MR) is 139 cm³/mol. The number of nitrogens with zero attached hydrogens (tertiary/aromatic N) is 2. The van der Waals surface area contributed by atoms with Crippen LogP contribution in [0.4, 0.5) is 0 Å². The monoisotopic (exact) mass is 568 g/mol. The number of halogens is 1. The first-order chi connectivity index (χ1) is 15.1. The number of benzene rings is 2. The Balaban J connectivity index is 0.00000363. The van der Waals surface area contributed by atoms with Crippen molar-refractivity contribution >= 4 is 39.8 Å². The summed E-state index contributed by atoms with van der Waals surface area (Å²) < 4.78 is 30.2. The minimum atomic E-state index is -3.15. The van der Waals surface area contributed by atoms with Crippen LogP contribution in [0.3, 0.4) is 0 Å². The molecule has 0 bridgehead atoms. The van der Waals surface area contributed by atoms with E-state index in [4.69, 9.17) is 4.42 Å². The lowest BCUT2D eigenvalue weighted by molar-refractivity contribution is 0.572. The summed E-state index contributed by atoms with van der Waals surface area (Å²) in [6.07, 6.45) is 2.10. The van der Waals surface area contributed by atoms with E-state index in [-0.39, 0.29) is 35.5 Å². The summed E-state index contributed by atoms with van der Waals surface area (Å²) in [5.74, 6) is 1.37. The zero-order valence-corrected chi connectivity index (χ0v) is 21.2. The third-order valence-corrected chi connectivity index (χ3v) is 6.15. The number of sulfone groups is 1. The van der Waals surface area contributed by atoms with Crippen LogP contribution in [0.5, 0.6) is 0 Å². The van der Waals surface area contributed by atoms with Crippen molar-refractivity contribution in [3.63, 3.8) is 0 Å². The van der Waals surface area contributed by atoms with Gasteiger partial charge in [-0.1, -0.05) is 48.5 Å². The van der Waals surface area contributed by atoms with Crippen LogP contribution < -0.4 is 10.6 Å². The van der Waals surface area contributed by atoms with Gasteiger partial charge in [-0.2, -0.15) is 0 Å². The van der Waals surface area contributed by atoms with Gasteiger partial charge in [0.1, 0.15) is 12.0 Å². The number of oxazole rings is 1. The van der Waals surface area contributed by atoms with Gasteiger partial charge in [-0.3, -0.25) is 0 Å². The van der Waals surface area contributed by atoms with E-state index in [2.05, 4.69) is 20.6 Å². The fraction of sp³-hybridized carbons (Fsp3) is 0.304. The predicted octanol–water partition coefficient (Wildman–Crippen LogP) is 4.02. The van der Waals surface area contributed by atoms with Gasteiger partial charge in [-0.05, 0) is 31.0 Å².